The van der Waals surface area contributed by atoms with Gasteiger partial charge in [0.15, 0.2) is 16.6 Å². The first-order valence-corrected chi connectivity index (χ1v) is 13.3. The molecule has 42 heavy (non-hydrogen) atoms. The summed E-state index contributed by atoms with van der Waals surface area (Å²) in [5.74, 6) is 0.918. The number of hydrogen-bond acceptors (Lipinski definition) is 6. The van der Waals surface area contributed by atoms with Crippen molar-refractivity contribution in [2.75, 3.05) is 10.6 Å². The van der Waals surface area contributed by atoms with Gasteiger partial charge < -0.3 is 10.1 Å². The Balaban J connectivity index is 1.31. The number of carbonyl (C=O) groups is 2. The molecular formula is C32H27N7O3. The summed E-state index contributed by atoms with van der Waals surface area (Å²) in [5.41, 5.74) is 2.25. The monoisotopic (exact) mass is 557 g/mol. The van der Waals surface area contributed by atoms with E-state index in [1.165, 1.54) is 6.20 Å². The van der Waals surface area contributed by atoms with Crippen LogP contribution < -0.4 is 26.2 Å². The Kier molecular flexibility index (Phi) is 6.58. The Morgan fingerprint density at radius 2 is 1.62 bits per heavy atom. The van der Waals surface area contributed by atoms with Gasteiger partial charge >= 0.3 is 6.03 Å². The Morgan fingerprint density at radius 3 is 2.38 bits per heavy atom. The molecule has 0 saturated carbocycles. The molecule has 10 heteroatoms. The maximum absolute atomic E-state index is 13.3. The molecule has 3 aromatic carbocycles. The van der Waals surface area contributed by atoms with Crippen LogP contribution in [0.1, 0.15) is 26.5 Å². The quantitative estimate of drug-likeness (QED) is 0.278. The van der Waals surface area contributed by atoms with Crippen LogP contribution in [0.3, 0.4) is 0 Å². The maximum Gasteiger partial charge on any atom is 0.324 e. The van der Waals surface area contributed by atoms with Gasteiger partial charge in [0, 0.05) is 34.5 Å². The van der Waals surface area contributed by atoms with Gasteiger partial charge in [0.05, 0.1) is 17.1 Å². The highest BCUT2D eigenvalue weighted by Gasteiger charge is 2.22. The van der Waals surface area contributed by atoms with Crippen LogP contribution in [0.4, 0.5) is 16.3 Å². The maximum atomic E-state index is 13.3. The van der Waals surface area contributed by atoms with E-state index in [1.54, 1.807) is 22.9 Å². The van der Waals surface area contributed by atoms with Crippen molar-refractivity contribution in [2.24, 2.45) is 9.98 Å². The number of para-hydroxylation sites is 1. The number of anilines is 2. The van der Waals surface area contributed by atoms with Gasteiger partial charge in [-0.1, -0.05) is 69.8 Å². The van der Waals surface area contributed by atoms with Crippen LogP contribution >= 0.6 is 0 Å². The molecule has 0 radical (unpaired) electrons. The Bertz CT molecular complexity index is 2010. The highest BCUT2D eigenvalue weighted by Crippen LogP contribution is 2.34. The Hall–Kier alpha value is -5.64. The Morgan fingerprint density at radius 1 is 0.881 bits per heavy atom. The lowest BCUT2D eigenvalue weighted by molar-refractivity contribution is -0.114. The summed E-state index contributed by atoms with van der Waals surface area (Å²) in [6.45, 7) is 9.87. The normalized spacial score (nSPS) is 12.7. The first-order chi connectivity index (χ1) is 20.2. The fourth-order valence-corrected chi connectivity index (χ4v) is 4.50. The number of pyridine rings is 1. The van der Waals surface area contributed by atoms with Gasteiger partial charge in [0.2, 0.25) is 0 Å². The summed E-state index contributed by atoms with van der Waals surface area (Å²) in [5, 5.41) is 12.6. The SMILES string of the molecule is C=C1N=c2c(Oc3ccc(NC(=O)Nc4cc(C(C)(C)C)nn4-c4ccccc4)c4ccccc34)ccnc2=NC1=O. The van der Waals surface area contributed by atoms with E-state index in [4.69, 9.17) is 9.84 Å². The molecule has 3 amide bonds. The highest BCUT2D eigenvalue weighted by molar-refractivity contribution is 6.07. The molecule has 0 aliphatic carbocycles. The highest BCUT2D eigenvalue weighted by atomic mass is 16.5. The summed E-state index contributed by atoms with van der Waals surface area (Å²) >= 11 is 0. The smallest absolute Gasteiger partial charge is 0.324 e. The van der Waals surface area contributed by atoms with Crippen LogP contribution in [0.15, 0.2) is 107 Å². The largest absolute Gasteiger partial charge is 0.454 e. The molecule has 208 valence electrons. The summed E-state index contributed by atoms with van der Waals surface area (Å²) in [6.07, 6.45) is 1.50. The number of carbonyl (C=O) groups excluding carboxylic acids is 2. The Labute approximate surface area is 241 Å². The van der Waals surface area contributed by atoms with E-state index in [0.29, 0.717) is 28.4 Å². The molecule has 5 aromatic rings. The number of nitrogens with one attached hydrogen (secondary N) is 2. The van der Waals surface area contributed by atoms with Crippen molar-refractivity contribution in [1.29, 1.82) is 0 Å². The first-order valence-electron chi connectivity index (χ1n) is 13.3. The number of amides is 3. The minimum Gasteiger partial charge on any atom is -0.454 e. The number of fused-ring (bicyclic) bond motifs is 2. The van der Waals surface area contributed by atoms with E-state index in [0.717, 1.165) is 22.2 Å². The molecule has 1 aliphatic rings. The number of hydrogen-bond donors (Lipinski definition) is 2. The zero-order chi connectivity index (χ0) is 29.4. The first kappa shape index (κ1) is 26.6. The second-order valence-electron chi connectivity index (χ2n) is 10.7. The standard InChI is InChI=1S/C32H27N7O3/c1-19-30(40)37-29-28(34-19)25(16-17-33-29)42-24-15-14-23(21-12-8-9-13-22(21)24)35-31(41)36-27-18-26(32(2,3)4)38-39(27)20-10-6-5-7-11-20/h5-18H,1H2,2-4H3,(H2,35,36,41). The summed E-state index contributed by atoms with van der Waals surface area (Å²) in [7, 11) is 0. The molecular weight excluding hydrogens is 530 g/mol. The van der Waals surface area contributed by atoms with Crippen molar-refractivity contribution < 1.29 is 14.3 Å². The molecule has 6 rings (SSSR count). The van der Waals surface area contributed by atoms with Gasteiger partial charge in [-0.2, -0.15) is 10.1 Å². The van der Waals surface area contributed by atoms with E-state index in [2.05, 4.69) is 53.0 Å². The lowest BCUT2D eigenvalue weighted by atomic mass is 9.92. The molecule has 0 saturated heterocycles. The van der Waals surface area contributed by atoms with Crippen LogP contribution in [0.5, 0.6) is 11.5 Å². The van der Waals surface area contributed by atoms with Crippen molar-refractivity contribution >= 4 is 34.2 Å². The van der Waals surface area contributed by atoms with Gasteiger partial charge in [-0.15, -0.1) is 0 Å². The number of aromatic nitrogens is 3. The van der Waals surface area contributed by atoms with E-state index in [1.807, 2.05) is 60.7 Å². The van der Waals surface area contributed by atoms with Crippen molar-refractivity contribution in [3.63, 3.8) is 0 Å². The van der Waals surface area contributed by atoms with E-state index in [-0.39, 0.29) is 16.6 Å². The average Bonchev–Trinajstić information content (AvgIpc) is 3.40. The third-order valence-electron chi connectivity index (χ3n) is 6.64. The van der Waals surface area contributed by atoms with Gasteiger partial charge in [-0.25, -0.2) is 19.5 Å². The van der Waals surface area contributed by atoms with Crippen molar-refractivity contribution in [2.45, 2.75) is 26.2 Å². The van der Waals surface area contributed by atoms with Gasteiger partial charge in [-0.3, -0.25) is 10.1 Å². The van der Waals surface area contributed by atoms with Crippen molar-refractivity contribution in [3.8, 4) is 17.2 Å². The molecule has 0 spiro atoms. The lowest BCUT2D eigenvalue weighted by Gasteiger charge is -2.14. The molecule has 1 aliphatic heterocycles. The fourth-order valence-electron chi connectivity index (χ4n) is 4.50. The summed E-state index contributed by atoms with van der Waals surface area (Å²) in [4.78, 5) is 37.5. The molecule has 0 unspecified atom stereocenters. The predicted molar refractivity (Wildman–Crippen MR) is 160 cm³/mol. The topological polar surface area (TPSA) is 123 Å². The van der Waals surface area contributed by atoms with Crippen molar-refractivity contribution in [1.82, 2.24) is 14.8 Å². The van der Waals surface area contributed by atoms with E-state index >= 15 is 0 Å². The van der Waals surface area contributed by atoms with E-state index in [9.17, 15) is 9.59 Å². The third kappa shape index (κ3) is 5.13. The third-order valence-corrected chi connectivity index (χ3v) is 6.64. The number of ether oxygens (including phenoxy) is 1. The van der Waals surface area contributed by atoms with E-state index < -0.39 is 11.9 Å². The zero-order valence-corrected chi connectivity index (χ0v) is 23.3. The predicted octanol–water partition coefficient (Wildman–Crippen LogP) is 5.45. The van der Waals surface area contributed by atoms with Gasteiger partial charge in [0.25, 0.3) is 5.91 Å². The molecule has 2 N–H and O–H groups in total. The number of rotatable bonds is 5. The van der Waals surface area contributed by atoms with Crippen LogP contribution in [0.25, 0.3) is 16.5 Å². The van der Waals surface area contributed by atoms with Crippen LogP contribution in [0, 0.1) is 0 Å². The molecule has 0 fully saturated rings. The summed E-state index contributed by atoms with van der Waals surface area (Å²) in [6, 6.07) is 23.8. The van der Waals surface area contributed by atoms with Crippen molar-refractivity contribution in [3.05, 3.63) is 114 Å². The molecule has 0 atom stereocenters. The minimum absolute atomic E-state index is 0.0130. The zero-order valence-electron chi connectivity index (χ0n) is 23.3. The van der Waals surface area contributed by atoms with Crippen LogP contribution in [-0.2, 0) is 10.2 Å². The number of nitrogens with zero attached hydrogens (tertiary/aromatic N) is 5. The molecule has 10 nitrogen and oxygen atoms in total. The second-order valence-corrected chi connectivity index (χ2v) is 10.7. The fraction of sp³-hybridized carbons (Fsp3) is 0.125. The van der Waals surface area contributed by atoms with Gasteiger partial charge in [0.1, 0.15) is 17.3 Å². The molecule has 0 bridgehead atoms. The molecule has 2 aromatic heterocycles. The lowest BCUT2D eigenvalue weighted by Crippen LogP contribution is -2.34. The molecule has 3 heterocycles. The van der Waals surface area contributed by atoms with Gasteiger partial charge in [-0.05, 0) is 24.3 Å². The van der Waals surface area contributed by atoms with Crippen LogP contribution in [-0.4, -0.2) is 26.7 Å². The number of urea groups is 1. The minimum atomic E-state index is -0.534. The van der Waals surface area contributed by atoms with Crippen LogP contribution in [0.2, 0.25) is 0 Å². The number of benzene rings is 3. The second kappa shape index (κ2) is 10.4. The average molecular weight is 558 g/mol. The summed E-state index contributed by atoms with van der Waals surface area (Å²) < 4.78 is 7.97.